The van der Waals surface area contributed by atoms with Gasteiger partial charge in [0.2, 0.25) is 0 Å². The molecule has 1 aliphatic heterocycles. The number of aryl methyl sites for hydroxylation is 2. The number of halogens is 2. The Morgan fingerprint density at radius 2 is 1.66 bits per heavy atom. The molecule has 1 fully saturated rings. The molecule has 3 aromatic carbocycles. The van der Waals surface area contributed by atoms with Crippen molar-refractivity contribution in [3.05, 3.63) is 100 Å². The minimum Gasteiger partial charge on any atom is -0.366 e. The molecule has 0 radical (unpaired) electrons. The largest absolute Gasteiger partial charge is 0.366 e. The van der Waals surface area contributed by atoms with Gasteiger partial charge in [0.25, 0.3) is 5.91 Å². The summed E-state index contributed by atoms with van der Waals surface area (Å²) in [6.07, 6.45) is 0. The first-order valence-electron chi connectivity index (χ1n) is 11.6. The highest BCUT2D eigenvalue weighted by Crippen LogP contribution is 2.27. The molecule has 0 bridgehead atoms. The van der Waals surface area contributed by atoms with Crippen LogP contribution in [0.5, 0.6) is 0 Å². The Labute approximate surface area is 209 Å². The van der Waals surface area contributed by atoms with Crippen LogP contribution in [0.1, 0.15) is 21.6 Å². The number of nitrogens with zero attached hydrogens (tertiary/aromatic N) is 4. The van der Waals surface area contributed by atoms with Crippen molar-refractivity contribution in [1.82, 2.24) is 14.7 Å². The van der Waals surface area contributed by atoms with E-state index < -0.39 is 0 Å². The van der Waals surface area contributed by atoms with Gasteiger partial charge in [0.15, 0.2) is 0 Å². The Balaban J connectivity index is 1.46. The van der Waals surface area contributed by atoms with Gasteiger partial charge < -0.3 is 9.80 Å². The number of amides is 1. The Morgan fingerprint density at radius 3 is 2.37 bits per heavy atom. The third-order valence-electron chi connectivity index (χ3n) is 6.54. The van der Waals surface area contributed by atoms with Crippen molar-refractivity contribution < 1.29 is 9.18 Å². The predicted molar refractivity (Wildman–Crippen MR) is 138 cm³/mol. The Hall–Kier alpha value is -3.64. The number of benzene rings is 3. The van der Waals surface area contributed by atoms with Crippen LogP contribution in [-0.4, -0.2) is 46.8 Å². The number of para-hydroxylation sites is 1. The van der Waals surface area contributed by atoms with Crippen molar-refractivity contribution >= 4 is 23.2 Å². The second-order valence-corrected chi connectivity index (χ2v) is 9.27. The van der Waals surface area contributed by atoms with Crippen LogP contribution in [0, 0.1) is 19.7 Å². The molecule has 178 valence electrons. The third kappa shape index (κ3) is 4.66. The number of piperazine rings is 1. The molecule has 0 spiro atoms. The van der Waals surface area contributed by atoms with E-state index >= 15 is 0 Å². The number of rotatable bonds is 4. The minimum absolute atomic E-state index is 0.110. The molecule has 0 aliphatic carbocycles. The van der Waals surface area contributed by atoms with Crippen LogP contribution in [0.3, 0.4) is 0 Å². The monoisotopic (exact) mass is 488 g/mol. The first-order chi connectivity index (χ1) is 16.9. The van der Waals surface area contributed by atoms with Crippen LogP contribution in [0.4, 0.5) is 10.1 Å². The average Bonchev–Trinajstić information content (AvgIpc) is 3.31. The minimum atomic E-state index is -0.246. The van der Waals surface area contributed by atoms with Crippen LogP contribution in [0.2, 0.25) is 5.02 Å². The fourth-order valence-corrected chi connectivity index (χ4v) is 4.59. The Kier molecular flexibility index (Phi) is 6.31. The molecule has 0 saturated carbocycles. The van der Waals surface area contributed by atoms with Gasteiger partial charge in [0.05, 0.1) is 17.1 Å². The molecule has 35 heavy (non-hydrogen) atoms. The summed E-state index contributed by atoms with van der Waals surface area (Å²) in [7, 11) is 0. The lowest BCUT2D eigenvalue weighted by Crippen LogP contribution is -2.49. The number of hydrogen-bond donors (Lipinski definition) is 0. The molecular formula is C28H26ClFN4O. The highest BCUT2D eigenvalue weighted by atomic mass is 35.5. The van der Waals surface area contributed by atoms with Gasteiger partial charge in [0, 0.05) is 36.8 Å². The molecule has 5 rings (SSSR count). The zero-order valence-electron chi connectivity index (χ0n) is 19.7. The van der Waals surface area contributed by atoms with Crippen LogP contribution in [0.25, 0.3) is 16.9 Å². The van der Waals surface area contributed by atoms with Crippen LogP contribution in [-0.2, 0) is 0 Å². The van der Waals surface area contributed by atoms with Crippen molar-refractivity contribution in [2.45, 2.75) is 13.8 Å². The summed E-state index contributed by atoms with van der Waals surface area (Å²) in [5, 5.41) is 5.38. The first kappa shape index (κ1) is 23.1. The molecule has 0 atom stereocenters. The van der Waals surface area contributed by atoms with E-state index in [0.717, 1.165) is 22.5 Å². The van der Waals surface area contributed by atoms with Gasteiger partial charge in [-0.25, -0.2) is 9.07 Å². The predicted octanol–water partition coefficient (Wildman–Crippen LogP) is 5.91. The summed E-state index contributed by atoms with van der Waals surface area (Å²) in [5.41, 5.74) is 5.80. The summed E-state index contributed by atoms with van der Waals surface area (Å²) in [4.78, 5) is 17.5. The number of aromatic nitrogens is 2. The molecule has 1 aliphatic rings. The standard InChI is InChI=1S/C28H26ClFN4O/c1-19-10-11-21(16-20(19)2)25-18-27(34(31-25)23-7-5-6-22(29)17-23)28(35)33-14-12-32(13-15-33)26-9-4-3-8-24(26)30/h3-11,16-18H,12-15H2,1-2H3. The van der Waals surface area contributed by atoms with E-state index in [4.69, 9.17) is 16.7 Å². The molecule has 2 heterocycles. The molecule has 4 aromatic rings. The summed E-state index contributed by atoms with van der Waals surface area (Å²) in [6, 6.07) is 22.1. The normalized spacial score (nSPS) is 13.8. The molecule has 7 heteroatoms. The lowest BCUT2D eigenvalue weighted by atomic mass is 10.0. The topological polar surface area (TPSA) is 41.4 Å². The van der Waals surface area contributed by atoms with Gasteiger partial charge in [-0.3, -0.25) is 4.79 Å². The van der Waals surface area contributed by atoms with E-state index in [1.165, 1.54) is 11.6 Å². The molecule has 0 unspecified atom stereocenters. The lowest BCUT2D eigenvalue weighted by molar-refractivity contribution is 0.0737. The Bertz CT molecular complexity index is 1390. The number of anilines is 1. The van der Waals surface area contributed by atoms with Crippen molar-refractivity contribution in [2.75, 3.05) is 31.1 Å². The van der Waals surface area contributed by atoms with E-state index in [9.17, 15) is 9.18 Å². The van der Waals surface area contributed by atoms with E-state index in [-0.39, 0.29) is 11.7 Å². The van der Waals surface area contributed by atoms with Crippen molar-refractivity contribution in [2.24, 2.45) is 0 Å². The number of carbonyl (C=O) groups excluding carboxylic acids is 1. The quantitative estimate of drug-likeness (QED) is 0.358. The Morgan fingerprint density at radius 1 is 0.886 bits per heavy atom. The van der Waals surface area contributed by atoms with E-state index in [2.05, 4.69) is 26.0 Å². The molecular weight excluding hydrogens is 463 g/mol. The second-order valence-electron chi connectivity index (χ2n) is 8.84. The van der Waals surface area contributed by atoms with Crippen LogP contribution in [0.15, 0.2) is 72.8 Å². The highest BCUT2D eigenvalue weighted by Gasteiger charge is 2.27. The summed E-state index contributed by atoms with van der Waals surface area (Å²) < 4.78 is 15.9. The summed E-state index contributed by atoms with van der Waals surface area (Å²) >= 11 is 6.25. The zero-order valence-corrected chi connectivity index (χ0v) is 20.5. The lowest BCUT2D eigenvalue weighted by Gasteiger charge is -2.36. The third-order valence-corrected chi connectivity index (χ3v) is 6.78. The molecule has 1 amide bonds. The molecule has 1 saturated heterocycles. The molecule has 0 N–H and O–H groups in total. The van der Waals surface area contributed by atoms with Crippen LogP contribution >= 0.6 is 11.6 Å². The van der Waals surface area contributed by atoms with Gasteiger partial charge in [-0.05, 0) is 67.4 Å². The fraction of sp³-hybridized carbons (Fsp3) is 0.214. The molecule has 5 nitrogen and oxygen atoms in total. The SMILES string of the molecule is Cc1ccc(-c2cc(C(=O)N3CCN(c4ccccc4F)CC3)n(-c3cccc(Cl)c3)n2)cc1C. The molecule has 1 aromatic heterocycles. The van der Waals surface area contributed by atoms with Gasteiger partial charge >= 0.3 is 0 Å². The van der Waals surface area contributed by atoms with Gasteiger partial charge in [-0.1, -0.05) is 41.9 Å². The second kappa shape index (κ2) is 9.55. The maximum absolute atomic E-state index is 14.2. The maximum Gasteiger partial charge on any atom is 0.272 e. The van der Waals surface area contributed by atoms with Gasteiger partial charge in [-0.15, -0.1) is 0 Å². The first-order valence-corrected chi connectivity index (χ1v) is 12.0. The van der Waals surface area contributed by atoms with Crippen molar-refractivity contribution in [1.29, 1.82) is 0 Å². The summed E-state index contributed by atoms with van der Waals surface area (Å²) in [6.45, 7) is 6.23. The average molecular weight is 489 g/mol. The number of carbonyl (C=O) groups is 1. The zero-order chi connectivity index (χ0) is 24.5. The fourth-order valence-electron chi connectivity index (χ4n) is 4.40. The summed E-state index contributed by atoms with van der Waals surface area (Å²) in [5.74, 6) is -0.356. The highest BCUT2D eigenvalue weighted by molar-refractivity contribution is 6.30. The van der Waals surface area contributed by atoms with E-state index in [0.29, 0.717) is 42.6 Å². The van der Waals surface area contributed by atoms with Gasteiger partial charge in [0.1, 0.15) is 11.5 Å². The van der Waals surface area contributed by atoms with E-state index in [1.54, 1.807) is 33.8 Å². The maximum atomic E-state index is 14.2. The van der Waals surface area contributed by atoms with Crippen molar-refractivity contribution in [3.8, 4) is 16.9 Å². The smallest absolute Gasteiger partial charge is 0.272 e. The van der Waals surface area contributed by atoms with Crippen molar-refractivity contribution in [3.63, 3.8) is 0 Å². The van der Waals surface area contributed by atoms with E-state index in [1.807, 2.05) is 35.2 Å². The van der Waals surface area contributed by atoms with Gasteiger partial charge in [-0.2, -0.15) is 5.10 Å². The number of hydrogen-bond acceptors (Lipinski definition) is 3. The van der Waals surface area contributed by atoms with Crippen LogP contribution < -0.4 is 4.90 Å².